The van der Waals surface area contributed by atoms with Gasteiger partial charge < -0.3 is 0 Å². The second-order valence-corrected chi connectivity index (χ2v) is 5.79. The second-order valence-electron chi connectivity index (χ2n) is 2.99. The van der Waals surface area contributed by atoms with Crippen LogP contribution in [0.4, 0.5) is 8.78 Å². The van der Waals surface area contributed by atoms with E-state index in [4.69, 9.17) is 27.5 Å². The average molecular weight is 300 g/mol. The first-order chi connectivity index (χ1) is 7.82. The first kappa shape index (κ1) is 14.2. The number of nitrogens with zero attached hydrogens (tertiary/aromatic N) is 1. The van der Waals surface area contributed by atoms with Gasteiger partial charge in [-0.15, -0.1) is 11.6 Å². The number of nitriles is 1. The molecule has 0 unspecified atom stereocenters. The molecule has 0 heterocycles. The van der Waals surface area contributed by atoms with Crippen molar-refractivity contribution in [3.63, 3.8) is 0 Å². The van der Waals surface area contributed by atoms with Crippen LogP contribution in [0, 0.1) is 11.3 Å². The van der Waals surface area contributed by atoms with Gasteiger partial charge in [-0.25, -0.2) is 17.2 Å². The van der Waals surface area contributed by atoms with E-state index in [9.17, 15) is 17.2 Å². The van der Waals surface area contributed by atoms with Crippen molar-refractivity contribution < 1.29 is 17.2 Å². The zero-order valence-corrected chi connectivity index (χ0v) is 10.5. The maximum atomic E-state index is 12.6. The van der Waals surface area contributed by atoms with E-state index in [0.29, 0.717) is 0 Å². The van der Waals surface area contributed by atoms with Gasteiger partial charge in [-0.1, -0.05) is 6.07 Å². The van der Waals surface area contributed by atoms with Crippen LogP contribution < -0.4 is 0 Å². The van der Waals surface area contributed by atoms with Crippen molar-refractivity contribution in [2.75, 3.05) is 0 Å². The molecule has 92 valence electrons. The van der Waals surface area contributed by atoms with E-state index in [1.54, 1.807) is 0 Å². The first-order valence-electron chi connectivity index (χ1n) is 4.17. The summed E-state index contributed by atoms with van der Waals surface area (Å²) in [7, 11) is 0.919. The lowest BCUT2D eigenvalue weighted by molar-refractivity contribution is 0.150. The van der Waals surface area contributed by atoms with E-state index in [1.165, 1.54) is 6.07 Å². The molecule has 0 bridgehead atoms. The van der Waals surface area contributed by atoms with Gasteiger partial charge in [0.15, 0.2) is 0 Å². The van der Waals surface area contributed by atoms with Gasteiger partial charge in [0.05, 0.1) is 5.56 Å². The minimum absolute atomic E-state index is 0.217. The molecule has 0 saturated carbocycles. The zero-order chi connectivity index (χ0) is 13.2. The van der Waals surface area contributed by atoms with Crippen LogP contribution in [-0.2, 0) is 14.9 Å². The number of hydrogen-bond donors (Lipinski definition) is 0. The molecule has 0 aliphatic heterocycles. The van der Waals surface area contributed by atoms with Crippen LogP contribution in [0.3, 0.4) is 0 Å². The van der Waals surface area contributed by atoms with Crippen molar-refractivity contribution in [1.82, 2.24) is 0 Å². The lowest BCUT2D eigenvalue weighted by Crippen LogP contribution is -2.03. The van der Waals surface area contributed by atoms with Gasteiger partial charge in [-0.3, -0.25) is 0 Å². The van der Waals surface area contributed by atoms with Crippen LogP contribution in [0.2, 0.25) is 0 Å². The molecule has 0 atom stereocenters. The number of hydrogen-bond acceptors (Lipinski definition) is 3. The van der Waals surface area contributed by atoms with Gasteiger partial charge in [0.25, 0.3) is 15.5 Å². The van der Waals surface area contributed by atoms with Crippen molar-refractivity contribution in [3.05, 3.63) is 28.8 Å². The Bertz CT molecular complexity index is 581. The molecule has 1 rings (SSSR count). The molecule has 0 aliphatic rings. The standard InChI is InChI=1S/C9H5Cl2F2NO2S/c10-3-6-5(9(12)13)1-2-8(7(6)4-14)17(11,15)16/h1-2,9H,3H2. The third kappa shape index (κ3) is 2.86. The fourth-order valence-corrected chi connectivity index (χ4v) is 2.63. The molecule has 0 spiro atoms. The van der Waals surface area contributed by atoms with E-state index in [0.717, 1.165) is 12.1 Å². The predicted octanol–water partition coefficient (Wildman–Crippen LogP) is 3.16. The molecule has 0 N–H and O–H groups in total. The summed E-state index contributed by atoms with van der Waals surface area (Å²) in [6.07, 6.45) is -2.84. The fourth-order valence-electron chi connectivity index (χ4n) is 1.32. The maximum absolute atomic E-state index is 12.6. The van der Waals surface area contributed by atoms with Crippen LogP contribution in [0.5, 0.6) is 0 Å². The number of benzene rings is 1. The Kier molecular flexibility index (Phi) is 4.31. The van der Waals surface area contributed by atoms with Gasteiger partial charge in [-0.05, 0) is 11.6 Å². The van der Waals surface area contributed by atoms with Crippen molar-refractivity contribution in [1.29, 1.82) is 5.26 Å². The third-order valence-corrected chi connectivity index (χ3v) is 3.69. The fraction of sp³-hybridized carbons (Fsp3) is 0.222. The van der Waals surface area contributed by atoms with E-state index in [-0.39, 0.29) is 5.56 Å². The average Bonchev–Trinajstić information content (AvgIpc) is 2.25. The van der Waals surface area contributed by atoms with Crippen molar-refractivity contribution >= 4 is 31.3 Å². The van der Waals surface area contributed by atoms with E-state index < -0.39 is 37.4 Å². The van der Waals surface area contributed by atoms with Gasteiger partial charge in [0, 0.05) is 22.1 Å². The summed E-state index contributed by atoms with van der Waals surface area (Å²) in [5, 5.41) is 8.82. The van der Waals surface area contributed by atoms with Gasteiger partial charge >= 0.3 is 0 Å². The SMILES string of the molecule is N#Cc1c(S(=O)(=O)Cl)ccc(C(F)F)c1CCl. The Morgan fingerprint density at radius 3 is 2.35 bits per heavy atom. The van der Waals surface area contributed by atoms with Crippen LogP contribution >= 0.6 is 22.3 Å². The number of rotatable bonds is 3. The summed E-state index contributed by atoms with van der Waals surface area (Å²) in [6, 6.07) is 3.31. The highest BCUT2D eigenvalue weighted by atomic mass is 35.7. The summed E-state index contributed by atoms with van der Waals surface area (Å²) in [6.45, 7) is 0. The van der Waals surface area contributed by atoms with Gasteiger partial charge in [0.2, 0.25) is 0 Å². The molecule has 0 saturated heterocycles. The van der Waals surface area contributed by atoms with E-state index >= 15 is 0 Å². The Balaban J connectivity index is 3.68. The molecule has 1 aromatic rings. The molecule has 0 aromatic heterocycles. The monoisotopic (exact) mass is 299 g/mol. The second kappa shape index (κ2) is 5.17. The van der Waals surface area contributed by atoms with E-state index in [1.807, 2.05) is 0 Å². The number of halogens is 4. The van der Waals surface area contributed by atoms with Crippen molar-refractivity contribution in [2.45, 2.75) is 17.2 Å². The molecular weight excluding hydrogens is 295 g/mol. The Morgan fingerprint density at radius 2 is 2.00 bits per heavy atom. The molecule has 8 heteroatoms. The summed E-state index contributed by atoms with van der Waals surface area (Å²) in [5.41, 5.74) is -1.13. The van der Waals surface area contributed by atoms with Crippen LogP contribution in [-0.4, -0.2) is 8.42 Å². The minimum Gasteiger partial charge on any atom is -0.207 e. The van der Waals surface area contributed by atoms with E-state index in [2.05, 4.69) is 0 Å². The number of alkyl halides is 3. The normalized spacial score (nSPS) is 11.5. The van der Waals surface area contributed by atoms with Crippen LogP contribution in [0.1, 0.15) is 23.1 Å². The smallest absolute Gasteiger partial charge is 0.207 e. The third-order valence-electron chi connectivity index (χ3n) is 2.05. The Hall–Kier alpha value is -0.900. The molecule has 17 heavy (non-hydrogen) atoms. The van der Waals surface area contributed by atoms with Gasteiger partial charge in [0.1, 0.15) is 11.0 Å². The lowest BCUT2D eigenvalue weighted by Gasteiger charge is -2.10. The van der Waals surface area contributed by atoms with Crippen molar-refractivity contribution in [3.8, 4) is 6.07 Å². The van der Waals surface area contributed by atoms with Crippen LogP contribution in [0.15, 0.2) is 17.0 Å². The van der Waals surface area contributed by atoms with Crippen molar-refractivity contribution in [2.24, 2.45) is 0 Å². The topological polar surface area (TPSA) is 57.9 Å². The lowest BCUT2D eigenvalue weighted by atomic mass is 10.0. The molecule has 3 nitrogen and oxygen atoms in total. The zero-order valence-electron chi connectivity index (χ0n) is 8.12. The van der Waals surface area contributed by atoms with Gasteiger partial charge in [-0.2, -0.15) is 5.26 Å². The largest absolute Gasteiger partial charge is 0.264 e. The Morgan fingerprint density at radius 1 is 1.41 bits per heavy atom. The first-order valence-corrected chi connectivity index (χ1v) is 7.02. The summed E-state index contributed by atoms with van der Waals surface area (Å²) >= 11 is 5.46. The summed E-state index contributed by atoms with van der Waals surface area (Å²) < 4.78 is 47.5. The molecule has 0 aliphatic carbocycles. The molecule has 0 fully saturated rings. The molecular formula is C9H5Cl2F2NO2S. The summed E-state index contributed by atoms with van der Waals surface area (Å²) in [4.78, 5) is -0.512. The maximum Gasteiger partial charge on any atom is 0.264 e. The molecule has 0 radical (unpaired) electrons. The molecule has 0 amide bonds. The highest BCUT2D eigenvalue weighted by Crippen LogP contribution is 2.31. The molecule has 1 aromatic carbocycles. The summed E-state index contributed by atoms with van der Waals surface area (Å²) in [5.74, 6) is -0.400. The van der Waals surface area contributed by atoms with Crippen LogP contribution in [0.25, 0.3) is 0 Å². The highest BCUT2D eigenvalue weighted by Gasteiger charge is 2.23. The predicted molar refractivity (Wildman–Crippen MR) is 58.7 cm³/mol. The highest BCUT2D eigenvalue weighted by molar-refractivity contribution is 8.13. The Labute approximate surface area is 106 Å². The minimum atomic E-state index is -4.17. The quantitative estimate of drug-likeness (QED) is 0.636.